The van der Waals surface area contributed by atoms with E-state index in [1.807, 2.05) is 11.8 Å². The second kappa shape index (κ2) is 10.8. The maximum atomic E-state index is 11.6. The minimum atomic E-state index is -0.801. The van der Waals surface area contributed by atoms with E-state index < -0.39 is 10.7 Å². The molecule has 1 heterocycles. The quantitative estimate of drug-likeness (QED) is 0.360. The number of anilines is 2. The molecule has 6 heteroatoms. The molecule has 174 valence electrons. The Morgan fingerprint density at radius 3 is 2.59 bits per heavy atom. The predicted molar refractivity (Wildman–Crippen MR) is 143 cm³/mol. The van der Waals surface area contributed by atoms with Crippen LogP contribution in [0, 0.1) is 5.41 Å². The summed E-state index contributed by atoms with van der Waals surface area (Å²) in [6.45, 7) is 9.27. The van der Waals surface area contributed by atoms with Gasteiger partial charge in [0.25, 0.3) is 0 Å². The maximum Gasteiger partial charge on any atom is 0.319 e. The fraction of sp³-hybridized carbons (Fsp3) is 0.500. The monoisotopic (exact) mass is 489 g/mol. The lowest BCUT2D eigenvalue weighted by Gasteiger charge is -2.34. The Balaban J connectivity index is 2.01. The number of rotatable bonds is 9. The topological polar surface area (TPSA) is 40.5 Å². The van der Waals surface area contributed by atoms with E-state index in [9.17, 15) is 9.90 Å². The zero-order chi connectivity index (χ0) is 23.4. The van der Waals surface area contributed by atoms with Crippen molar-refractivity contribution in [1.82, 2.24) is 0 Å². The van der Waals surface area contributed by atoms with Crippen molar-refractivity contribution in [2.75, 3.05) is 23.5 Å². The van der Waals surface area contributed by atoms with Gasteiger partial charge in [-0.3, -0.25) is 4.79 Å². The summed E-state index contributed by atoms with van der Waals surface area (Å²) in [4.78, 5) is 16.6. The molecule has 0 radical (unpaired) electrons. The molecule has 0 bridgehead atoms. The van der Waals surface area contributed by atoms with Crippen LogP contribution in [0.4, 0.5) is 11.4 Å². The average molecular weight is 490 g/mol. The molecule has 0 saturated carbocycles. The summed E-state index contributed by atoms with van der Waals surface area (Å²) in [7, 11) is 0. The summed E-state index contributed by atoms with van der Waals surface area (Å²) in [5, 5.41) is 9.53. The van der Waals surface area contributed by atoms with Crippen LogP contribution in [-0.4, -0.2) is 34.4 Å². The molecule has 1 aliphatic rings. The molecule has 1 N–H and O–H groups in total. The number of thioether (sulfide) groups is 3. The predicted octanol–water partition coefficient (Wildman–Crippen LogP) is 7.95. The summed E-state index contributed by atoms with van der Waals surface area (Å²) in [6, 6.07) is 15.4. The third kappa shape index (κ3) is 6.00. The molecule has 32 heavy (non-hydrogen) atoms. The molecule has 0 aromatic heterocycles. The van der Waals surface area contributed by atoms with Crippen LogP contribution in [0.3, 0.4) is 0 Å². The van der Waals surface area contributed by atoms with Crippen molar-refractivity contribution in [3.8, 4) is 0 Å². The molecule has 2 aromatic rings. The van der Waals surface area contributed by atoms with Gasteiger partial charge >= 0.3 is 5.97 Å². The van der Waals surface area contributed by atoms with Crippen LogP contribution >= 0.6 is 35.3 Å². The van der Waals surface area contributed by atoms with Gasteiger partial charge in [0, 0.05) is 33.5 Å². The van der Waals surface area contributed by atoms with Crippen LogP contribution in [0.25, 0.3) is 0 Å². The molecular formula is C26H35NO2S3. The van der Waals surface area contributed by atoms with Crippen molar-refractivity contribution < 1.29 is 9.90 Å². The van der Waals surface area contributed by atoms with Gasteiger partial charge in [-0.2, -0.15) is 0 Å². The van der Waals surface area contributed by atoms with Crippen LogP contribution in [0.2, 0.25) is 0 Å². The van der Waals surface area contributed by atoms with Crippen molar-refractivity contribution >= 4 is 52.6 Å². The van der Waals surface area contributed by atoms with E-state index in [0.29, 0.717) is 5.75 Å². The minimum absolute atomic E-state index is 0.231. The largest absolute Gasteiger partial charge is 0.480 e. The van der Waals surface area contributed by atoms with Crippen LogP contribution < -0.4 is 4.90 Å². The van der Waals surface area contributed by atoms with Gasteiger partial charge in [-0.05, 0) is 61.8 Å². The van der Waals surface area contributed by atoms with E-state index in [1.165, 1.54) is 57.8 Å². The summed E-state index contributed by atoms with van der Waals surface area (Å²) in [5.74, 6) is 1.02. The molecule has 0 fully saturated rings. The number of para-hydroxylation sites is 1. The van der Waals surface area contributed by atoms with Crippen LogP contribution in [0.5, 0.6) is 0 Å². The highest BCUT2D eigenvalue weighted by molar-refractivity contribution is 8.01. The van der Waals surface area contributed by atoms with Crippen LogP contribution in [0.15, 0.2) is 52.3 Å². The molecule has 3 nitrogen and oxygen atoms in total. The fourth-order valence-corrected chi connectivity index (χ4v) is 6.77. The first-order chi connectivity index (χ1) is 15.2. The van der Waals surface area contributed by atoms with E-state index in [1.54, 1.807) is 25.6 Å². The van der Waals surface area contributed by atoms with E-state index in [0.717, 1.165) is 12.3 Å². The van der Waals surface area contributed by atoms with E-state index in [2.05, 4.69) is 67.5 Å². The molecule has 0 amide bonds. The highest BCUT2D eigenvalue weighted by atomic mass is 32.2. The Morgan fingerprint density at radius 1 is 1.25 bits per heavy atom. The average Bonchev–Trinajstić information content (AvgIpc) is 2.93. The lowest BCUT2D eigenvalue weighted by Crippen LogP contribution is -2.33. The van der Waals surface area contributed by atoms with Crippen LogP contribution in [-0.2, 0) is 10.5 Å². The zero-order valence-corrected chi connectivity index (χ0v) is 22.3. The SMILES string of the molecule is CCCCC1(C)CSc2cc(CSC(C)(C)C(=O)O)c(SC)cc2N(c2ccccc2)C1. The second-order valence-corrected chi connectivity index (χ2v) is 12.8. The number of carboxylic acids is 1. The summed E-state index contributed by atoms with van der Waals surface area (Å²) < 4.78 is -0.801. The van der Waals surface area contributed by atoms with Crippen molar-refractivity contribution in [2.45, 2.75) is 67.2 Å². The number of nitrogens with zero attached hydrogens (tertiary/aromatic N) is 1. The Bertz CT molecular complexity index is 932. The van der Waals surface area contributed by atoms with Gasteiger partial charge in [-0.15, -0.1) is 35.3 Å². The van der Waals surface area contributed by atoms with Crippen molar-refractivity contribution in [1.29, 1.82) is 0 Å². The normalized spacial score (nSPS) is 18.8. The second-order valence-electron chi connectivity index (χ2n) is 9.36. The number of carboxylic acid groups (broad SMARTS) is 1. The number of aliphatic carboxylic acids is 1. The van der Waals surface area contributed by atoms with E-state index in [4.69, 9.17) is 0 Å². The first-order valence-electron chi connectivity index (χ1n) is 11.2. The number of benzene rings is 2. The highest BCUT2D eigenvalue weighted by Crippen LogP contribution is 2.47. The molecule has 1 unspecified atom stereocenters. The number of carbonyl (C=O) groups is 1. The Kier molecular flexibility index (Phi) is 8.56. The third-order valence-corrected chi connectivity index (χ3v) is 9.72. The van der Waals surface area contributed by atoms with Crippen molar-refractivity contribution in [2.24, 2.45) is 5.41 Å². The van der Waals surface area contributed by atoms with Gasteiger partial charge < -0.3 is 10.0 Å². The van der Waals surface area contributed by atoms with E-state index >= 15 is 0 Å². The molecule has 1 aliphatic heterocycles. The van der Waals surface area contributed by atoms with Crippen LogP contribution in [0.1, 0.15) is 52.5 Å². The first-order valence-corrected chi connectivity index (χ1v) is 14.4. The standard InChI is InChI=1S/C26H35NO2S3/c1-6-7-13-26(4)17-27(20-11-9-8-10-12-20)21-15-22(30-5)19(14-23(21)31-18-26)16-32-25(2,3)24(28)29/h8-12,14-15H,6-7,13,16-18H2,1-5H3,(H,28,29). The lowest BCUT2D eigenvalue weighted by molar-refractivity contribution is -0.138. The van der Waals surface area contributed by atoms with Gasteiger partial charge in [-0.25, -0.2) is 0 Å². The van der Waals surface area contributed by atoms with Gasteiger partial charge in [-0.1, -0.05) is 44.9 Å². The van der Waals surface area contributed by atoms with Crippen molar-refractivity contribution in [3.63, 3.8) is 0 Å². The maximum absolute atomic E-state index is 11.6. The Labute approximate surface area is 206 Å². The molecule has 1 atom stereocenters. The van der Waals surface area contributed by atoms with Gasteiger partial charge in [0.2, 0.25) is 0 Å². The van der Waals surface area contributed by atoms with Gasteiger partial charge in [0.1, 0.15) is 4.75 Å². The van der Waals surface area contributed by atoms with Crippen molar-refractivity contribution in [3.05, 3.63) is 48.0 Å². The number of hydrogen-bond donors (Lipinski definition) is 1. The summed E-state index contributed by atoms with van der Waals surface area (Å²) in [5.41, 5.74) is 3.97. The number of hydrogen-bond acceptors (Lipinski definition) is 5. The van der Waals surface area contributed by atoms with Gasteiger partial charge in [0.05, 0.1) is 5.69 Å². The van der Waals surface area contributed by atoms with E-state index in [-0.39, 0.29) is 5.41 Å². The number of fused-ring (bicyclic) bond motifs is 1. The smallest absolute Gasteiger partial charge is 0.319 e. The molecule has 0 aliphatic carbocycles. The third-order valence-electron chi connectivity index (χ3n) is 6.07. The number of unbranched alkanes of at least 4 members (excludes halogenated alkanes) is 1. The lowest BCUT2D eigenvalue weighted by atomic mass is 9.86. The van der Waals surface area contributed by atoms with Gasteiger partial charge in [0.15, 0.2) is 0 Å². The summed E-state index contributed by atoms with van der Waals surface area (Å²) >= 11 is 5.21. The Morgan fingerprint density at radius 2 is 1.97 bits per heavy atom. The molecule has 0 spiro atoms. The molecule has 0 saturated heterocycles. The summed E-state index contributed by atoms with van der Waals surface area (Å²) in [6.07, 6.45) is 5.80. The molecule has 2 aromatic carbocycles. The molecule has 3 rings (SSSR count). The fourth-order valence-electron chi connectivity index (χ4n) is 3.90. The first kappa shape index (κ1) is 25.4. The molecular weight excluding hydrogens is 454 g/mol. The minimum Gasteiger partial charge on any atom is -0.480 e. The highest BCUT2D eigenvalue weighted by Gasteiger charge is 2.33. The Hall–Kier alpha value is -1.24. The zero-order valence-electron chi connectivity index (χ0n) is 19.8.